The number of aryl methyl sites for hydroxylation is 1. The first-order valence-corrected chi connectivity index (χ1v) is 9.15. The van der Waals surface area contributed by atoms with Gasteiger partial charge in [-0.05, 0) is 43.2 Å². The summed E-state index contributed by atoms with van der Waals surface area (Å²) in [7, 11) is 0. The van der Waals surface area contributed by atoms with Crippen LogP contribution >= 0.6 is 0 Å². The molecule has 0 fully saturated rings. The van der Waals surface area contributed by atoms with Gasteiger partial charge in [0.1, 0.15) is 11.8 Å². The molecule has 0 aliphatic carbocycles. The van der Waals surface area contributed by atoms with Crippen LogP contribution in [0.3, 0.4) is 0 Å². The largest absolute Gasteiger partial charge is 0.471 e. The maximum absolute atomic E-state index is 12.7. The lowest BCUT2D eigenvalue weighted by molar-refractivity contribution is -0.176. The first-order valence-electron chi connectivity index (χ1n) is 9.15. The lowest BCUT2D eigenvalue weighted by Crippen LogP contribution is -2.61. The van der Waals surface area contributed by atoms with Gasteiger partial charge in [-0.2, -0.15) is 13.2 Å². The normalized spacial score (nSPS) is 14.9. The molecule has 0 spiro atoms. The van der Waals surface area contributed by atoms with E-state index in [2.05, 4.69) is 5.32 Å². The maximum atomic E-state index is 12.7. The van der Waals surface area contributed by atoms with Crippen molar-refractivity contribution in [3.05, 3.63) is 35.4 Å². The molecule has 0 saturated carbocycles. The monoisotopic (exact) mass is 400 g/mol. The second-order valence-electron chi connectivity index (χ2n) is 7.42. The zero-order chi connectivity index (χ0) is 21.5. The summed E-state index contributed by atoms with van der Waals surface area (Å²) in [6, 6.07) is 6.49. The number of halogens is 3. The van der Waals surface area contributed by atoms with Crippen LogP contribution in [0, 0.1) is 5.92 Å². The predicted molar refractivity (Wildman–Crippen MR) is 99.6 cm³/mol. The van der Waals surface area contributed by atoms with Gasteiger partial charge in [0.2, 0.25) is 5.91 Å². The van der Waals surface area contributed by atoms with Crippen LogP contribution in [0.2, 0.25) is 0 Å². The highest BCUT2D eigenvalue weighted by molar-refractivity contribution is 5.93. The lowest BCUT2D eigenvalue weighted by Gasteiger charge is -2.32. The van der Waals surface area contributed by atoms with E-state index in [1.165, 1.54) is 6.92 Å². The van der Waals surface area contributed by atoms with Crippen molar-refractivity contribution >= 4 is 18.1 Å². The summed E-state index contributed by atoms with van der Waals surface area (Å²) in [5, 5.41) is 4.27. The summed E-state index contributed by atoms with van der Waals surface area (Å²) >= 11 is 0. The SMILES string of the molecule is CCc1ccccc1C[C@@H](C=O)NC(=O)[C@](C)(CC(C)C)NC(=O)C(F)(F)F. The Balaban J connectivity index is 3.00. The molecule has 0 aliphatic rings. The number of benzene rings is 1. The molecule has 0 heterocycles. The van der Waals surface area contributed by atoms with Crippen LogP contribution < -0.4 is 10.6 Å². The topological polar surface area (TPSA) is 75.3 Å². The summed E-state index contributed by atoms with van der Waals surface area (Å²) in [6.45, 7) is 6.63. The molecule has 5 nitrogen and oxygen atoms in total. The first-order chi connectivity index (χ1) is 12.9. The smallest absolute Gasteiger partial charge is 0.344 e. The Morgan fingerprint density at radius 1 is 1.11 bits per heavy atom. The van der Waals surface area contributed by atoms with E-state index >= 15 is 0 Å². The average Bonchev–Trinajstić information content (AvgIpc) is 2.59. The molecule has 0 unspecified atom stereocenters. The fraction of sp³-hybridized carbons (Fsp3) is 0.550. The highest BCUT2D eigenvalue weighted by Gasteiger charge is 2.45. The molecule has 2 amide bonds. The molecule has 156 valence electrons. The van der Waals surface area contributed by atoms with Gasteiger partial charge in [-0.3, -0.25) is 9.59 Å². The minimum atomic E-state index is -5.11. The average molecular weight is 400 g/mol. The third-order valence-electron chi connectivity index (χ3n) is 4.38. The Labute approximate surface area is 163 Å². The van der Waals surface area contributed by atoms with Gasteiger partial charge in [0.05, 0.1) is 6.04 Å². The summed E-state index contributed by atoms with van der Waals surface area (Å²) in [5.74, 6) is -3.19. The number of nitrogens with one attached hydrogen (secondary N) is 2. The molecule has 1 aromatic carbocycles. The van der Waals surface area contributed by atoms with Crippen LogP contribution in [-0.4, -0.2) is 35.9 Å². The van der Waals surface area contributed by atoms with Crippen LogP contribution in [-0.2, 0) is 27.2 Å². The van der Waals surface area contributed by atoms with Crippen molar-refractivity contribution in [1.82, 2.24) is 10.6 Å². The van der Waals surface area contributed by atoms with Crippen LogP contribution in [0.4, 0.5) is 13.2 Å². The summed E-state index contributed by atoms with van der Waals surface area (Å²) < 4.78 is 38.0. The number of hydrogen-bond donors (Lipinski definition) is 2. The molecule has 0 aromatic heterocycles. The molecule has 1 rings (SSSR count). The number of hydrogen-bond acceptors (Lipinski definition) is 3. The highest BCUT2D eigenvalue weighted by atomic mass is 19.4. The van der Waals surface area contributed by atoms with Crippen LogP contribution in [0.1, 0.15) is 45.2 Å². The van der Waals surface area contributed by atoms with Gasteiger partial charge in [0.15, 0.2) is 0 Å². The Morgan fingerprint density at radius 2 is 1.68 bits per heavy atom. The van der Waals surface area contributed by atoms with E-state index in [9.17, 15) is 27.6 Å². The number of aldehydes is 1. The summed E-state index contributed by atoms with van der Waals surface area (Å²) in [5.41, 5.74) is 0.0814. The van der Waals surface area contributed by atoms with E-state index in [4.69, 9.17) is 0 Å². The van der Waals surface area contributed by atoms with Crippen LogP contribution in [0.5, 0.6) is 0 Å². The third-order valence-corrected chi connectivity index (χ3v) is 4.38. The van der Waals surface area contributed by atoms with Crippen molar-refractivity contribution in [3.8, 4) is 0 Å². The predicted octanol–water partition coefficient (Wildman–Crippen LogP) is 2.96. The van der Waals surface area contributed by atoms with Crippen molar-refractivity contribution in [2.24, 2.45) is 5.92 Å². The quantitative estimate of drug-likeness (QED) is 0.626. The lowest BCUT2D eigenvalue weighted by atomic mass is 9.89. The Bertz CT molecular complexity index is 704. The van der Waals surface area contributed by atoms with E-state index in [0.29, 0.717) is 6.29 Å². The molecule has 1 aromatic rings. The number of rotatable bonds is 9. The molecule has 0 radical (unpaired) electrons. The van der Waals surface area contributed by atoms with Gasteiger partial charge in [0, 0.05) is 0 Å². The number of amides is 2. The van der Waals surface area contributed by atoms with E-state index in [-0.39, 0.29) is 18.8 Å². The molecule has 2 atom stereocenters. The first kappa shape index (κ1) is 23.7. The summed E-state index contributed by atoms with van der Waals surface area (Å²) in [6.07, 6.45) is -3.63. The van der Waals surface area contributed by atoms with Gasteiger partial charge in [-0.1, -0.05) is 45.0 Å². The van der Waals surface area contributed by atoms with Crippen molar-refractivity contribution in [1.29, 1.82) is 0 Å². The molecule has 2 N–H and O–H groups in total. The number of alkyl halides is 3. The molecule has 8 heteroatoms. The third kappa shape index (κ3) is 6.65. The molecule has 0 bridgehead atoms. The Hall–Kier alpha value is -2.38. The van der Waals surface area contributed by atoms with Gasteiger partial charge < -0.3 is 15.4 Å². The molecule has 0 saturated heterocycles. The number of carbonyl (C=O) groups is 3. The van der Waals surface area contributed by atoms with Crippen molar-refractivity contribution in [2.75, 3.05) is 0 Å². The second-order valence-corrected chi connectivity index (χ2v) is 7.42. The minimum Gasteiger partial charge on any atom is -0.344 e. The maximum Gasteiger partial charge on any atom is 0.471 e. The van der Waals surface area contributed by atoms with E-state index in [1.54, 1.807) is 19.2 Å². The van der Waals surface area contributed by atoms with Crippen molar-refractivity contribution in [2.45, 2.75) is 64.7 Å². The van der Waals surface area contributed by atoms with Gasteiger partial charge in [-0.25, -0.2) is 0 Å². The van der Waals surface area contributed by atoms with Crippen LogP contribution in [0.25, 0.3) is 0 Å². The van der Waals surface area contributed by atoms with Gasteiger partial charge >= 0.3 is 12.1 Å². The summed E-state index contributed by atoms with van der Waals surface area (Å²) in [4.78, 5) is 35.6. The van der Waals surface area contributed by atoms with E-state index in [1.807, 2.05) is 31.2 Å². The van der Waals surface area contributed by atoms with Crippen molar-refractivity contribution < 1.29 is 27.6 Å². The Morgan fingerprint density at radius 3 is 2.14 bits per heavy atom. The second kappa shape index (κ2) is 9.71. The molecule has 28 heavy (non-hydrogen) atoms. The van der Waals surface area contributed by atoms with Gasteiger partial charge in [-0.15, -0.1) is 0 Å². The zero-order valence-electron chi connectivity index (χ0n) is 16.5. The van der Waals surface area contributed by atoms with E-state index in [0.717, 1.165) is 17.5 Å². The standard InChI is InChI=1S/C20H27F3N2O3/c1-5-14-8-6-7-9-15(14)10-16(12-26)24-17(27)19(4,11-13(2)3)25-18(28)20(21,22)23/h6-9,12-13,16H,5,10-11H2,1-4H3,(H,24,27)(H,25,28)/t16-,19-/m0/s1. The number of carbonyl (C=O) groups excluding carboxylic acids is 3. The van der Waals surface area contributed by atoms with Gasteiger partial charge in [0.25, 0.3) is 0 Å². The molecular weight excluding hydrogens is 373 g/mol. The Kier molecular flexibility index (Phi) is 8.20. The van der Waals surface area contributed by atoms with E-state index < -0.39 is 29.6 Å². The highest BCUT2D eigenvalue weighted by Crippen LogP contribution is 2.22. The molecule has 0 aliphatic heterocycles. The van der Waals surface area contributed by atoms with Crippen LogP contribution in [0.15, 0.2) is 24.3 Å². The van der Waals surface area contributed by atoms with Crippen molar-refractivity contribution in [3.63, 3.8) is 0 Å². The minimum absolute atomic E-state index is 0.0161. The molecular formula is C20H27F3N2O3. The fourth-order valence-electron chi connectivity index (χ4n) is 3.14. The fourth-order valence-corrected chi connectivity index (χ4v) is 3.14. The zero-order valence-corrected chi connectivity index (χ0v) is 16.5.